The van der Waals surface area contributed by atoms with Crippen LogP contribution in [0.3, 0.4) is 0 Å². The molecule has 0 atom stereocenters. The molecule has 1 radical (unpaired) electrons. The van der Waals surface area contributed by atoms with E-state index >= 15 is 0 Å². The van der Waals surface area contributed by atoms with Crippen molar-refractivity contribution in [2.75, 3.05) is 0 Å². The third-order valence-electron chi connectivity index (χ3n) is 2.60. The third kappa shape index (κ3) is 4.60. The van der Waals surface area contributed by atoms with Gasteiger partial charge in [-0.2, -0.15) is 6.42 Å². The second-order valence-electron chi connectivity index (χ2n) is 3.60. The first kappa shape index (κ1) is 12.1. The topological polar surface area (TPSA) is 26.0 Å². The van der Waals surface area contributed by atoms with Gasteiger partial charge in [0.25, 0.3) is 0 Å². The van der Waals surface area contributed by atoms with E-state index in [1.54, 1.807) is 0 Å². The largest absolute Gasteiger partial charge is 0.483 e. The molecule has 1 aliphatic rings. The molecule has 0 heterocycles. The van der Waals surface area contributed by atoms with Crippen molar-refractivity contribution in [1.82, 2.24) is 0 Å². The zero-order valence-corrected chi connectivity index (χ0v) is 10.3. The minimum atomic E-state index is 0. The molecule has 2 N–H and O–H groups in total. The second-order valence-corrected chi connectivity index (χ2v) is 3.60. The van der Waals surface area contributed by atoms with Crippen LogP contribution < -0.4 is 5.73 Å². The number of hydrogen-bond donors (Lipinski definition) is 1. The first-order chi connectivity index (χ1) is 4.83. The molecule has 0 aliphatic heterocycles. The van der Waals surface area contributed by atoms with Gasteiger partial charge in [-0.15, -0.1) is 0 Å². The summed E-state index contributed by atoms with van der Waals surface area (Å²) in [6.45, 7) is 4.17. The molecular formula is C9H18NY-. The van der Waals surface area contributed by atoms with Crippen LogP contribution in [0.25, 0.3) is 0 Å². The molecule has 1 fully saturated rings. The van der Waals surface area contributed by atoms with Crippen molar-refractivity contribution in [1.29, 1.82) is 0 Å². The van der Waals surface area contributed by atoms with Gasteiger partial charge in [-0.05, 0) is 5.92 Å². The Kier molecular flexibility index (Phi) is 7.20. The summed E-state index contributed by atoms with van der Waals surface area (Å²) in [5.41, 5.74) is 5.37. The third-order valence-corrected chi connectivity index (χ3v) is 2.60. The van der Waals surface area contributed by atoms with Crippen molar-refractivity contribution >= 4 is 0 Å². The van der Waals surface area contributed by atoms with Crippen molar-refractivity contribution < 1.29 is 32.7 Å². The summed E-state index contributed by atoms with van der Waals surface area (Å²) >= 11 is 0. The SMILES string of the molecule is CC1CCC(C[CH-]N)CC1.[Y]. The van der Waals surface area contributed by atoms with Crippen LogP contribution in [0.1, 0.15) is 39.0 Å². The van der Waals surface area contributed by atoms with E-state index in [2.05, 4.69) is 6.92 Å². The normalized spacial score (nSPS) is 31.1. The Morgan fingerprint density at radius 2 is 1.82 bits per heavy atom. The molecule has 0 unspecified atom stereocenters. The second kappa shape index (κ2) is 6.57. The summed E-state index contributed by atoms with van der Waals surface area (Å²) in [4.78, 5) is 0. The number of hydrogen-bond acceptors (Lipinski definition) is 1. The first-order valence-electron chi connectivity index (χ1n) is 4.36. The van der Waals surface area contributed by atoms with Crippen molar-refractivity contribution in [3.8, 4) is 0 Å². The summed E-state index contributed by atoms with van der Waals surface area (Å²) in [7, 11) is 0. The Labute approximate surface area is 95.4 Å². The number of rotatable bonds is 2. The molecule has 0 saturated heterocycles. The van der Waals surface area contributed by atoms with E-state index < -0.39 is 0 Å². The van der Waals surface area contributed by atoms with E-state index in [0.29, 0.717) is 0 Å². The average molecular weight is 229 g/mol. The summed E-state index contributed by atoms with van der Waals surface area (Å²) in [6, 6.07) is 0. The average Bonchev–Trinajstić information content (AvgIpc) is 1.95. The van der Waals surface area contributed by atoms with E-state index in [0.717, 1.165) is 18.3 Å². The molecule has 0 aromatic heterocycles. The zero-order chi connectivity index (χ0) is 7.40. The predicted molar refractivity (Wildman–Crippen MR) is 44.2 cm³/mol. The smallest absolute Gasteiger partial charge is 0 e. The van der Waals surface area contributed by atoms with Crippen LogP contribution in [0.15, 0.2) is 0 Å². The van der Waals surface area contributed by atoms with Gasteiger partial charge in [0.15, 0.2) is 0 Å². The Balaban J connectivity index is 0.000001000. The van der Waals surface area contributed by atoms with Gasteiger partial charge in [-0.3, -0.25) is 6.54 Å². The maximum atomic E-state index is 5.37. The molecule has 0 aromatic rings. The molecule has 1 nitrogen and oxygen atoms in total. The Hall–Kier alpha value is 1.06. The Morgan fingerprint density at radius 1 is 1.27 bits per heavy atom. The van der Waals surface area contributed by atoms with Crippen molar-refractivity contribution in [3.63, 3.8) is 0 Å². The molecule has 1 saturated carbocycles. The Bertz CT molecular complexity index is 87.6. The molecule has 0 aromatic carbocycles. The van der Waals surface area contributed by atoms with E-state index in [9.17, 15) is 0 Å². The zero-order valence-electron chi connectivity index (χ0n) is 7.42. The van der Waals surface area contributed by atoms with Crippen molar-refractivity contribution in [3.05, 3.63) is 6.54 Å². The van der Waals surface area contributed by atoms with Crippen LogP contribution in [-0.2, 0) is 32.7 Å². The van der Waals surface area contributed by atoms with E-state index in [4.69, 9.17) is 5.73 Å². The summed E-state index contributed by atoms with van der Waals surface area (Å²) < 4.78 is 0. The van der Waals surface area contributed by atoms with Crippen LogP contribution >= 0.6 is 0 Å². The van der Waals surface area contributed by atoms with Crippen LogP contribution in [0.5, 0.6) is 0 Å². The predicted octanol–water partition coefficient (Wildman–Crippen LogP) is 2.32. The molecule has 0 amide bonds. The summed E-state index contributed by atoms with van der Waals surface area (Å²) in [6.07, 6.45) is 6.76. The monoisotopic (exact) mass is 229 g/mol. The van der Waals surface area contributed by atoms with E-state index in [1.807, 2.05) is 6.54 Å². The van der Waals surface area contributed by atoms with Gasteiger partial charge in [0.1, 0.15) is 0 Å². The van der Waals surface area contributed by atoms with Crippen LogP contribution in [0.4, 0.5) is 0 Å². The van der Waals surface area contributed by atoms with Gasteiger partial charge in [-0.1, -0.05) is 38.5 Å². The quantitative estimate of drug-likeness (QED) is 0.722. The fourth-order valence-electron chi connectivity index (χ4n) is 1.76. The van der Waals surface area contributed by atoms with Gasteiger partial charge in [0.2, 0.25) is 0 Å². The number of nitrogens with two attached hydrogens (primary N) is 1. The Morgan fingerprint density at radius 3 is 2.27 bits per heavy atom. The molecule has 0 bridgehead atoms. The minimum Gasteiger partial charge on any atom is -0.483 e. The van der Waals surface area contributed by atoms with Crippen molar-refractivity contribution in [2.45, 2.75) is 39.0 Å². The maximum absolute atomic E-state index is 5.37. The van der Waals surface area contributed by atoms with Gasteiger partial charge in [-0.25, -0.2) is 0 Å². The molecule has 1 aliphatic carbocycles. The molecular weight excluding hydrogens is 211 g/mol. The van der Waals surface area contributed by atoms with Gasteiger partial charge >= 0.3 is 0 Å². The van der Waals surface area contributed by atoms with Gasteiger partial charge in [0.05, 0.1) is 0 Å². The van der Waals surface area contributed by atoms with Crippen LogP contribution in [0, 0.1) is 18.4 Å². The molecule has 2 heteroatoms. The summed E-state index contributed by atoms with van der Waals surface area (Å²) in [5.74, 6) is 1.87. The summed E-state index contributed by atoms with van der Waals surface area (Å²) in [5, 5.41) is 0. The molecule has 63 valence electrons. The van der Waals surface area contributed by atoms with Crippen LogP contribution in [0.2, 0.25) is 0 Å². The fraction of sp³-hybridized carbons (Fsp3) is 0.889. The van der Waals surface area contributed by atoms with E-state index in [1.165, 1.54) is 25.7 Å². The standard InChI is InChI=1S/C9H18N.Y/c1-8-2-4-9(5-3-8)6-7-10;/h7-9H,2-6,10H2,1H3;/q-1;. The maximum Gasteiger partial charge on any atom is 0 e. The van der Waals surface area contributed by atoms with E-state index in [-0.39, 0.29) is 32.7 Å². The molecule has 1 rings (SSSR count). The first-order valence-corrected chi connectivity index (χ1v) is 4.36. The van der Waals surface area contributed by atoms with Gasteiger partial charge in [0, 0.05) is 32.7 Å². The molecule has 0 spiro atoms. The molecule has 11 heavy (non-hydrogen) atoms. The van der Waals surface area contributed by atoms with Crippen molar-refractivity contribution in [2.24, 2.45) is 17.6 Å². The van der Waals surface area contributed by atoms with Gasteiger partial charge < -0.3 is 5.73 Å². The fourth-order valence-corrected chi connectivity index (χ4v) is 1.76. The van der Waals surface area contributed by atoms with Crippen LogP contribution in [-0.4, -0.2) is 0 Å². The minimum absolute atomic E-state index is 0.